The van der Waals surface area contributed by atoms with Crippen molar-refractivity contribution in [3.63, 3.8) is 0 Å². The van der Waals surface area contributed by atoms with E-state index in [1.165, 1.54) is 0 Å². The summed E-state index contributed by atoms with van der Waals surface area (Å²) in [7, 11) is 0. The number of nitrogens with one attached hydrogen (secondary N) is 1. The lowest BCUT2D eigenvalue weighted by atomic mass is 10.0. The Morgan fingerprint density at radius 3 is 2.95 bits per heavy atom. The molecule has 3 N–H and O–H groups in total. The van der Waals surface area contributed by atoms with Crippen LogP contribution in [0.2, 0.25) is 5.02 Å². The molecule has 0 bridgehead atoms. The maximum atomic E-state index is 6.03. The van der Waals surface area contributed by atoms with Crippen LogP contribution in [0.15, 0.2) is 34.9 Å². The van der Waals surface area contributed by atoms with Gasteiger partial charge in [0.15, 0.2) is 0 Å². The van der Waals surface area contributed by atoms with E-state index in [9.17, 15) is 0 Å². The molecule has 0 spiro atoms. The highest BCUT2D eigenvalue weighted by atomic mass is 79.9. The van der Waals surface area contributed by atoms with Gasteiger partial charge < -0.3 is 0 Å². The lowest BCUT2D eigenvalue weighted by molar-refractivity contribution is 0.476. The second-order valence-corrected chi connectivity index (χ2v) is 5.94. The Labute approximate surface area is 132 Å². The highest BCUT2D eigenvalue weighted by molar-refractivity contribution is 9.10. The Morgan fingerprint density at radius 1 is 1.50 bits per heavy atom. The Bertz CT molecular complexity index is 570. The molecule has 1 atom stereocenters. The monoisotopic (exact) mass is 356 g/mol. The Kier molecular flexibility index (Phi) is 5.60. The predicted octanol–water partition coefficient (Wildman–Crippen LogP) is 3.46. The van der Waals surface area contributed by atoms with Crippen LogP contribution in [0, 0.1) is 0 Å². The second-order valence-electron chi connectivity index (χ2n) is 4.65. The van der Waals surface area contributed by atoms with Gasteiger partial charge in [0, 0.05) is 11.6 Å². The fourth-order valence-corrected chi connectivity index (χ4v) is 3.03. The third-order valence-electron chi connectivity index (χ3n) is 3.13. The molecule has 0 aliphatic heterocycles. The lowest BCUT2D eigenvalue weighted by Gasteiger charge is -2.18. The van der Waals surface area contributed by atoms with Gasteiger partial charge in [0.1, 0.15) is 0 Å². The van der Waals surface area contributed by atoms with Crippen LogP contribution in [0.3, 0.4) is 0 Å². The summed E-state index contributed by atoms with van der Waals surface area (Å²) in [5.74, 6) is 5.74. The number of hydrazine groups is 1. The fourth-order valence-electron chi connectivity index (χ4n) is 2.24. The molecule has 1 unspecified atom stereocenters. The van der Waals surface area contributed by atoms with Gasteiger partial charge >= 0.3 is 0 Å². The molecule has 0 radical (unpaired) electrons. The highest BCUT2D eigenvalue weighted by Crippen LogP contribution is 2.26. The SMILES string of the molecule is CCCn1ncc(Br)c1C(Cc1cccc(Cl)c1)NN. The summed E-state index contributed by atoms with van der Waals surface area (Å²) < 4.78 is 2.95. The van der Waals surface area contributed by atoms with E-state index in [-0.39, 0.29) is 6.04 Å². The predicted molar refractivity (Wildman–Crippen MR) is 85.4 cm³/mol. The van der Waals surface area contributed by atoms with E-state index in [2.05, 4.69) is 33.4 Å². The molecular weight excluding hydrogens is 340 g/mol. The topological polar surface area (TPSA) is 55.9 Å². The van der Waals surface area contributed by atoms with Crippen LogP contribution in [0.4, 0.5) is 0 Å². The van der Waals surface area contributed by atoms with Gasteiger partial charge in [-0.15, -0.1) is 0 Å². The normalized spacial score (nSPS) is 12.6. The zero-order valence-electron chi connectivity index (χ0n) is 11.3. The van der Waals surface area contributed by atoms with Crippen molar-refractivity contribution in [3.05, 3.63) is 51.2 Å². The molecule has 2 rings (SSSR count). The Hall–Kier alpha value is -0.880. The van der Waals surface area contributed by atoms with Gasteiger partial charge in [-0.25, -0.2) is 0 Å². The van der Waals surface area contributed by atoms with E-state index in [4.69, 9.17) is 17.4 Å². The molecule has 2 aromatic rings. The van der Waals surface area contributed by atoms with Crippen molar-refractivity contribution >= 4 is 27.5 Å². The molecule has 0 aliphatic carbocycles. The van der Waals surface area contributed by atoms with Crippen molar-refractivity contribution in [3.8, 4) is 0 Å². The standard InChI is InChI=1S/C14H18BrClN4/c1-2-6-20-14(12(15)9-18-20)13(19-17)8-10-4-3-5-11(16)7-10/h3-5,7,9,13,19H,2,6,8,17H2,1H3. The minimum absolute atomic E-state index is 0.0168. The van der Waals surface area contributed by atoms with Crippen molar-refractivity contribution in [2.75, 3.05) is 0 Å². The van der Waals surface area contributed by atoms with Crippen molar-refractivity contribution in [1.82, 2.24) is 15.2 Å². The van der Waals surface area contributed by atoms with Crippen LogP contribution in [0.5, 0.6) is 0 Å². The van der Waals surface area contributed by atoms with Gasteiger partial charge in [0.05, 0.1) is 22.4 Å². The number of aromatic nitrogens is 2. The van der Waals surface area contributed by atoms with Crippen LogP contribution in [-0.2, 0) is 13.0 Å². The van der Waals surface area contributed by atoms with Crippen LogP contribution in [-0.4, -0.2) is 9.78 Å². The van der Waals surface area contributed by atoms with E-state index in [0.29, 0.717) is 0 Å². The number of hydrogen-bond acceptors (Lipinski definition) is 3. The summed E-state index contributed by atoms with van der Waals surface area (Å²) in [5.41, 5.74) is 5.08. The molecule has 0 fully saturated rings. The number of benzene rings is 1. The first-order valence-corrected chi connectivity index (χ1v) is 7.74. The number of halogens is 2. The number of rotatable bonds is 6. The fraction of sp³-hybridized carbons (Fsp3) is 0.357. The first kappa shape index (κ1) is 15.5. The average Bonchev–Trinajstić information content (AvgIpc) is 2.78. The van der Waals surface area contributed by atoms with Crippen LogP contribution >= 0.6 is 27.5 Å². The van der Waals surface area contributed by atoms with Gasteiger partial charge in [0.2, 0.25) is 0 Å². The summed E-state index contributed by atoms with van der Waals surface area (Å²) >= 11 is 9.58. The van der Waals surface area contributed by atoms with E-state index in [0.717, 1.165) is 40.1 Å². The molecule has 0 saturated carbocycles. The highest BCUT2D eigenvalue weighted by Gasteiger charge is 2.19. The molecule has 6 heteroatoms. The first-order valence-electron chi connectivity index (χ1n) is 6.57. The van der Waals surface area contributed by atoms with Crippen molar-refractivity contribution in [2.45, 2.75) is 32.4 Å². The maximum absolute atomic E-state index is 6.03. The summed E-state index contributed by atoms with van der Waals surface area (Å²) in [6, 6.07) is 7.80. The Morgan fingerprint density at radius 2 is 2.30 bits per heavy atom. The molecule has 0 saturated heterocycles. The molecule has 4 nitrogen and oxygen atoms in total. The van der Waals surface area contributed by atoms with Gasteiger partial charge in [-0.3, -0.25) is 16.0 Å². The number of nitrogens with two attached hydrogens (primary N) is 1. The maximum Gasteiger partial charge on any atom is 0.0712 e. The van der Waals surface area contributed by atoms with Crippen molar-refractivity contribution in [2.24, 2.45) is 5.84 Å². The van der Waals surface area contributed by atoms with Crippen LogP contribution in [0.25, 0.3) is 0 Å². The summed E-state index contributed by atoms with van der Waals surface area (Å²) in [6.07, 6.45) is 3.59. The van der Waals surface area contributed by atoms with E-state index in [1.807, 2.05) is 35.1 Å². The second kappa shape index (κ2) is 7.22. The molecule has 20 heavy (non-hydrogen) atoms. The minimum atomic E-state index is -0.0168. The summed E-state index contributed by atoms with van der Waals surface area (Å²) in [4.78, 5) is 0. The summed E-state index contributed by atoms with van der Waals surface area (Å²) in [6.45, 7) is 3.00. The molecule has 108 valence electrons. The van der Waals surface area contributed by atoms with E-state index >= 15 is 0 Å². The zero-order valence-corrected chi connectivity index (χ0v) is 13.7. The van der Waals surface area contributed by atoms with Crippen molar-refractivity contribution in [1.29, 1.82) is 0 Å². The van der Waals surface area contributed by atoms with Gasteiger partial charge in [-0.2, -0.15) is 5.10 Å². The molecular formula is C14H18BrClN4. The molecule has 1 aromatic carbocycles. The Balaban J connectivity index is 2.26. The van der Waals surface area contributed by atoms with Crippen LogP contribution < -0.4 is 11.3 Å². The molecule has 0 amide bonds. The molecule has 1 aromatic heterocycles. The zero-order chi connectivity index (χ0) is 14.5. The minimum Gasteiger partial charge on any atom is -0.271 e. The number of hydrogen-bond donors (Lipinski definition) is 2. The summed E-state index contributed by atoms with van der Waals surface area (Å²) in [5, 5.41) is 5.12. The third-order valence-corrected chi connectivity index (χ3v) is 3.97. The van der Waals surface area contributed by atoms with E-state index in [1.54, 1.807) is 0 Å². The quantitative estimate of drug-likeness (QED) is 0.615. The largest absolute Gasteiger partial charge is 0.271 e. The first-order chi connectivity index (χ1) is 9.65. The third kappa shape index (κ3) is 3.61. The van der Waals surface area contributed by atoms with E-state index < -0.39 is 0 Å². The number of nitrogens with zero attached hydrogens (tertiary/aromatic N) is 2. The average molecular weight is 358 g/mol. The van der Waals surface area contributed by atoms with Gasteiger partial charge in [0.25, 0.3) is 0 Å². The van der Waals surface area contributed by atoms with Gasteiger partial charge in [-0.05, 0) is 46.5 Å². The van der Waals surface area contributed by atoms with Crippen LogP contribution in [0.1, 0.15) is 30.6 Å². The molecule has 0 aliphatic rings. The lowest BCUT2D eigenvalue weighted by Crippen LogP contribution is -2.31. The number of aryl methyl sites for hydroxylation is 1. The van der Waals surface area contributed by atoms with Gasteiger partial charge in [-0.1, -0.05) is 30.7 Å². The molecule has 1 heterocycles. The van der Waals surface area contributed by atoms with Crippen molar-refractivity contribution < 1.29 is 0 Å². The smallest absolute Gasteiger partial charge is 0.0712 e.